The quantitative estimate of drug-likeness (QED) is 0.901. The Balaban J connectivity index is 1.81. The molecule has 1 aliphatic rings. The molecule has 98 valence electrons. The Bertz CT molecular complexity index is 588. The summed E-state index contributed by atoms with van der Waals surface area (Å²) in [5, 5.41) is 0. The van der Waals surface area contributed by atoms with Gasteiger partial charge in [-0.25, -0.2) is 4.39 Å². The number of halogens is 1. The topological polar surface area (TPSA) is 44.5 Å². The lowest BCUT2D eigenvalue weighted by molar-refractivity contribution is 0.0875. The standard InChI is InChI=1S/C15H14FNO2/c16-10-4-3-5-11(8-10)19-14-9-18-13-7-2-1-6-12(13)15(14)17/h1-8,14-15H,9,17H2. The number of nitrogens with two attached hydrogens (primary N) is 1. The van der Waals surface area contributed by atoms with E-state index in [0.717, 1.165) is 11.3 Å². The summed E-state index contributed by atoms with van der Waals surface area (Å²) in [5.41, 5.74) is 7.09. The van der Waals surface area contributed by atoms with Crippen molar-refractivity contribution in [3.63, 3.8) is 0 Å². The first-order chi connectivity index (χ1) is 9.24. The monoisotopic (exact) mass is 259 g/mol. The van der Waals surface area contributed by atoms with Gasteiger partial charge in [0.2, 0.25) is 0 Å². The predicted octanol–water partition coefficient (Wildman–Crippen LogP) is 2.67. The molecular weight excluding hydrogens is 245 g/mol. The maximum absolute atomic E-state index is 13.1. The van der Waals surface area contributed by atoms with Crippen LogP contribution in [0.4, 0.5) is 4.39 Å². The Kier molecular flexibility index (Phi) is 3.09. The normalized spacial score (nSPS) is 21.4. The molecule has 1 aliphatic heterocycles. The highest BCUT2D eigenvalue weighted by Crippen LogP contribution is 2.32. The number of ether oxygens (including phenoxy) is 2. The molecule has 0 aromatic heterocycles. The smallest absolute Gasteiger partial charge is 0.152 e. The van der Waals surface area contributed by atoms with Crippen LogP contribution in [0, 0.1) is 5.82 Å². The summed E-state index contributed by atoms with van der Waals surface area (Å²) in [6.45, 7) is 0.356. The third kappa shape index (κ3) is 2.39. The molecule has 3 rings (SSSR count). The first kappa shape index (κ1) is 12.0. The van der Waals surface area contributed by atoms with Crippen LogP contribution in [0.15, 0.2) is 48.5 Å². The minimum absolute atomic E-state index is 0.284. The Morgan fingerprint density at radius 3 is 2.84 bits per heavy atom. The summed E-state index contributed by atoms with van der Waals surface area (Å²) in [7, 11) is 0. The maximum Gasteiger partial charge on any atom is 0.152 e. The molecule has 2 unspecified atom stereocenters. The van der Waals surface area contributed by atoms with Crippen LogP contribution in [0.5, 0.6) is 11.5 Å². The molecule has 0 saturated carbocycles. The van der Waals surface area contributed by atoms with Gasteiger partial charge in [0, 0.05) is 11.6 Å². The van der Waals surface area contributed by atoms with Crippen molar-refractivity contribution in [3.05, 3.63) is 59.9 Å². The molecule has 4 heteroatoms. The van der Waals surface area contributed by atoms with Crippen molar-refractivity contribution in [2.45, 2.75) is 12.1 Å². The zero-order valence-corrected chi connectivity index (χ0v) is 10.3. The molecule has 19 heavy (non-hydrogen) atoms. The van der Waals surface area contributed by atoms with E-state index in [9.17, 15) is 4.39 Å². The van der Waals surface area contributed by atoms with Crippen LogP contribution in [-0.4, -0.2) is 12.7 Å². The van der Waals surface area contributed by atoms with E-state index in [1.807, 2.05) is 24.3 Å². The number of hydrogen-bond acceptors (Lipinski definition) is 3. The average Bonchev–Trinajstić information content (AvgIpc) is 2.42. The van der Waals surface area contributed by atoms with E-state index in [2.05, 4.69) is 0 Å². The second-order valence-electron chi connectivity index (χ2n) is 4.49. The Hall–Kier alpha value is -2.07. The zero-order chi connectivity index (χ0) is 13.2. The van der Waals surface area contributed by atoms with E-state index >= 15 is 0 Å². The van der Waals surface area contributed by atoms with E-state index in [1.54, 1.807) is 12.1 Å². The van der Waals surface area contributed by atoms with Crippen LogP contribution >= 0.6 is 0 Å². The second-order valence-corrected chi connectivity index (χ2v) is 4.49. The molecule has 2 N–H and O–H groups in total. The highest BCUT2D eigenvalue weighted by molar-refractivity contribution is 5.38. The molecule has 0 aliphatic carbocycles. The average molecular weight is 259 g/mol. The van der Waals surface area contributed by atoms with Crippen LogP contribution in [0.1, 0.15) is 11.6 Å². The van der Waals surface area contributed by atoms with E-state index in [1.165, 1.54) is 12.1 Å². The summed E-state index contributed by atoms with van der Waals surface area (Å²) >= 11 is 0. The van der Waals surface area contributed by atoms with Gasteiger partial charge in [0.1, 0.15) is 23.9 Å². The summed E-state index contributed by atoms with van der Waals surface area (Å²) in [6, 6.07) is 13.4. The van der Waals surface area contributed by atoms with Gasteiger partial charge in [-0.15, -0.1) is 0 Å². The maximum atomic E-state index is 13.1. The molecule has 2 aromatic carbocycles. The minimum Gasteiger partial charge on any atom is -0.489 e. The minimum atomic E-state index is -0.330. The number of hydrogen-bond donors (Lipinski definition) is 1. The number of fused-ring (bicyclic) bond motifs is 1. The fraction of sp³-hybridized carbons (Fsp3) is 0.200. The lowest BCUT2D eigenvalue weighted by Crippen LogP contribution is -2.40. The van der Waals surface area contributed by atoms with Gasteiger partial charge in [0.05, 0.1) is 6.04 Å². The SMILES string of the molecule is NC1c2ccccc2OCC1Oc1cccc(F)c1. The molecule has 2 aromatic rings. The molecule has 3 nitrogen and oxygen atoms in total. The molecule has 0 fully saturated rings. The van der Waals surface area contributed by atoms with Crippen molar-refractivity contribution >= 4 is 0 Å². The van der Waals surface area contributed by atoms with Crippen LogP contribution in [-0.2, 0) is 0 Å². The van der Waals surface area contributed by atoms with Crippen LogP contribution in [0.3, 0.4) is 0 Å². The lowest BCUT2D eigenvalue weighted by atomic mass is 9.99. The van der Waals surface area contributed by atoms with E-state index in [-0.39, 0.29) is 18.0 Å². The van der Waals surface area contributed by atoms with Gasteiger partial charge in [-0.2, -0.15) is 0 Å². The molecule has 2 atom stereocenters. The number of para-hydroxylation sites is 1. The molecule has 0 bridgehead atoms. The van der Waals surface area contributed by atoms with Gasteiger partial charge in [-0.1, -0.05) is 24.3 Å². The van der Waals surface area contributed by atoms with Crippen molar-refractivity contribution < 1.29 is 13.9 Å². The number of rotatable bonds is 2. The molecule has 1 heterocycles. The van der Waals surface area contributed by atoms with Crippen molar-refractivity contribution in [1.82, 2.24) is 0 Å². The Labute approximate surface area is 110 Å². The summed E-state index contributed by atoms with van der Waals surface area (Å²) in [6.07, 6.45) is -0.323. The predicted molar refractivity (Wildman–Crippen MR) is 69.7 cm³/mol. The highest BCUT2D eigenvalue weighted by Gasteiger charge is 2.29. The van der Waals surface area contributed by atoms with Gasteiger partial charge < -0.3 is 15.2 Å². The second kappa shape index (κ2) is 4.90. The highest BCUT2D eigenvalue weighted by atomic mass is 19.1. The van der Waals surface area contributed by atoms with Crippen molar-refractivity contribution in [2.75, 3.05) is 6.61 Å². The molecule has 0 spiro atoms. The van der Waals surface area contributed by atoms with Crippen molar-refractivity contribution in [2.24, 2.45) is 5.73 Å². The number of benzene rings is 2. The van der Waals surface area contributed by atoms with Gasteiger partial charge in [0.25, 0.3) is 0 Å². The molecule has 0 amide bonds. The van der Waals surface area contributed by atoms with Gasteiger partial charge in [0.15, 0.2) is 6.10 Å². The third-order valence-corrected chi connectivity index (χ3v) is 3.17. The largest absolute Gasteiger partial charge is 0.489 e. The Morgan fingerprint density at radius 1 is 1.16 bits per heavy atom. The molecule has 0 radical (unpaired) electrons. The first-order valence-corrected chi connectivity index (χ1v) is 6.13. The first-order valence-electron chi connectivity index (χ1n) is 6.13. The summed E-state index contributed by atoms with van der Waals surface area (Å²) < 4.78 is 24.4. The van der Waals surface area contributed by atoms with Crippen LogP contribution in [0.25, 0.3) is 0 Å². The fourth-order valence-electron chi connectivity index (χ4n) is 2.19. The lowest BCUT2D eigenvalue weighted by Gasteiger charge is -2.31. The zero-order valence-electron chi connectivity index (χ0n) is 10.3. The summed E-state index contributed by atoms with van der Waals surface area (Å²) in [4.78, 5) is 0. The van der Waals surface area contributed by atoms with E-state index < -0.39 is 0 Å². The van der Waals surface area contributed by atoms with E-state index in [4.69, 9.17) is 15.2 Å². The fourth-order valence-corrected chi connectivity index (χ4v) is 2.19. The molecule has 0 saturated heterocycles. The van der Waals surface area contributed by atoms with Gasteiger partial charge in [-0.05, 0) is 18.2 Å². The van der Waals surface area contributed by atoms with Crippen molar-refractivity contribution in [1.29, 1.82) is 0 Å². The van der Waals surface area contributed by atoms with E-state index in [0.29, 0.717) is 12.4 Å². The van der Waals surface area contributed by atoms with Crippen LogP contribution < -0.4 is 15.2 Å². The van der Waals surface area contributed by atoms with Gasteiger partial charge >= 0.3 is 0 Å². The molecular formula is C15H14FNO2. The third-order valence-electron chi connectivity index (χ3n) is 3.17. The Morgan fingerprint density at radius 2 is 2.00 bits per heavy atom. The van der Waals surface area contributed by atoms with Crippen molar-refractivity contribution in [3.8, 4) is 11.5 Å². The van der Waals surface area contributed by atoms with Crippen LogP contribution in [0.2, 0.25) is 0 Å². The van der Waals surface area contributed by atoms with Gasteiger partial charge in [-0.3, -0.25) is 0 Å². The summed E-state index contributed by atoms with van der Waals surface area (Å²) in [5.74, 6) is 0.917.